The number of aliphatic carboxylic acids is 2. The number of carboxylic acids is 2. The zero-order chi connectivity index (χ0) is 11.4. The second-order valence-corrected chi connectivity index (χ2v) is 6.66. The van der Waals surface area contributed by atoms with E-state index in [-0.39, 0.29) is 0 Å². The van der Waals surface area contributed by atoms with Gasteiger partial charge in [0.1, 0.15) is 0 Å². The summed E-state index contributed by atoms with van der Waals surface area (Å²) in [7, 11) is -0.774. The zero-order valence-electron chi connectivity index (χ0n) is 8.60. The third kappa shape index (κ3) is 1.24. The van der Waals surface area contributed by atoms with E-state index < -0.39 is 36.9 Å². The Morgan fingerprint density at radius 1 is 1.47 bits per heavy atom. The van der Waals surface area contributed by atoms with Gasteiger partial charge in [-0.15, -0.1) is 0 Å². The number of hydrogen-bond donors (Lipinski definition) is 2. The third-order valence-electron chi connectivity index (χ3n) is 3.65. The van der Waals surface area contributed by atoms with E-state index in [0.717, 1.165) is 11.7 Å². The van der Waals surface area contributed by atoms with Gasteiger partial charge < -0.3 is 10.2 Å². The summed E-state index contributed by atoms with van der Waals surface area (Å²) in [6, 6.07) is 0. The number of carbonyl (C=O) groups is 2. The molecule has 2 aliphatic heterocycles. The highest BCUT2D eigenvalue weighted by Gasteiger charge is 2.60. The SMILES string of the molecule is CC1=CP2CC1(C)C(C(=O)O)C2C(=O)O. The van der Waals surface area contributed by atoms with E-state index >= 15 is 0 Å². The third-order valence-corrected chi connectivity index (χ3v) is 6.62. The first-order valence-electron chi connectivity index (χ1n) is 4.78. The van der Waals surface area contributed by atoms with Crippen LogP contribution in [0, 0.1) is 11.3 Å². The average molecular weight is 228 g/mol. The summed E-state index contributed by atoms with van der Waals surface area (Å²) in [5.41, 5.74) is -0.0645. The largest absolute Gasteiger partial charge is 0.481 e. The average Bonchev–Trinajstić information content (AvgIpc) is 2.52. The first-order chi connectivity index (χ1) is 6.88. The van der Waals surface area contributed by atoms with Crippen molar-refractivity contribution in [2.75, 3.05) is 6.16 Å². The van der Waals surface area contributed by atoms with E-state index in [4.69, 9.17) is 10.2 Å². The molecule has 0 radical (unpaired) electrons. The molecule has 2 N–H and O–H groups in total. The van der Waals surface area contributed by atoms with Gasteiger partial charge in [0.25, 0.3) is 0 Å². The number of rotatable bonds is 2. The maximum Gasteiger partial charge on any atom is 0.312 e. The van der Waals surface area contributed by atoms with Crippen LogP contribution in [0.5, 0.6) is 0 Å². The van der Waals surface area contributed by atoms with E-state index in [9.17, 15) is 9.59 Å². The molecule has 2 heterocycles. The van der Waals surface area contributed by atoms with Gasteiger partial charge in [-0.2, -0.15) is 0 Å². The van der Waals surface area contributed by atoms with Crippen molar-refractivity contribution in [2.45, 2.75) is 19.5 Å². The summed E-state index contributed by atoms with van der Waals surface area (Å²) in [5.74, 6) is -0.678. The molecule has 0 aromatic carbocycles. The van der Waals surface area contributed by atoms with Crippen LogP contribution >= 0.6 is 7.92 Å². The topological polar surface area (TPSA) is 74.6 Å². The van der Waals surface area contributed by atoms with Crippen molar-refractivity contribution in [1.82, 2.24) is 0 Å². The van der Waals surface area contributed by atoms with Crippen molar-refractivity contribution in [3.05, 3.63) is 11.4 Å². The normalized spacial score (nSPS) is 42.8. The molecule has 0 aliphatic carbocycles. The highest BCUT2D eigenvalue weighted by Crippen LogP contribution is 2.69. The molecule has 0 spiro atoms. The van der Waals surface area contributed by atoms with Gasteiger partial charge >= 0.3 is 11.9 Å². The molecule has 0 saturated carbocycles. The molecule has 4 nitrogen and oxygen atoms in total. The Balaban J connectivity index is 2.47. The van der Waals surface area contributed by atoms with Crippen molar-refractivity contribution in [1.29, 1.82) is 0 Å². The summed E-state index contributed by atoms with van der Waals surface area (Å²) in [4.78, 5) is 22.3. The summed E-state index contributed by atoms with van der Waals surface area (Å²) >= 11 is 0. The molecule has 4 atom stereocenters. The van der Waals surface area contributed by atoms with Gasteiger partial charge in [0.2, 0.25) is 0 Å². The van der Waals surface area contributed by atoms with Crippen LogP contribution in [0.1, 0.15) is 13.8 Å². The zero-order valence-corrected chi connectivity index (χ0v) is 9.49. The lowest BCUT2D eigenvalue weighted by molar-refractivity contribution is -0.150. The summed E-state index contributed by atoms with van der Waals surface area (Å²) in [6.07, 6.45) is 0.724. The fraction of sp³-hybridized carbons (Fsp3) is 0.600. The molecule has 15 heavy (non-hydrogen) atoms. The molecule has 1 fully saturated rings. The predicted octanol–water partition coefficient (Wildman–Crippen LogP) is 1.56. The highest BCUT2D eigenvalue weighted by molar-refractivity contribution is 7.63. The van der Waals surface area contributed by atoms with E-state index in [0.29, 0.717) is 0 Å². The molecular formula is C10H13O4P. The van der Waals surface area contributed by atoms with Gasteiger partial charge in [0.05, 0.1) is 11.6 Å². The minimum atomic E-state index is -0.970. The Morgan fingerprint density at radius 2 is 2.07 bits per heavy atom. The standard InChI is InChI=1S/C10H13O4P/c1-5-3-15-4-10(5,2)6(8(11)12)7(15)9(13)14/h3,6-7H,4H2,1-2H3,(H,11,12)(H,13,14). The van der Waals surface area contributed by atoms with Crippen LogP contribution in [0.4, 0.5) is 0 Å². The molecule has 2 rings (SSSR count). The van der Waals surface area contributed by atoms with Crippen molar-refractivity contribution in [2.24, 2.45) is 11.3 Å². The molecule has 0 amide bonds. The van der Waals surface area contributed by atoms with Gasteiger partial charge in [-0.05, 0) is 13.1 Å². The van der Waals surface area contributed by atoms with Gasteiger partial charge in [0.15, 0.2) is 0 Å². The van der Waals surface area contributed by atoms with Gasteiger partial charge in [-0.1, -0.05) is 26.2 Å². The van der Waals surface area contributed by atoms with Gasteiger partial charge in [-0.25, -0.2) is 0 Å². The Morgan fingerprint density at radius 3 is 2.53 bits per heavy atom. The number of allylic oxidation sites excluding steroid dienone is 1. The van der Waals surface area contributed by atoms with Gasteiger partial charge in [0, 0.05) is 5.41 Å². The molecule has 82 valence electrons. The molecule has 2 bridgehead atoms. The Kier molecular flexibility index (Phi) is 2.16. The van der Waals surface area contributed by atoms with Crippen LogP contribution in [0.25, 0.3) is 0 Å². The minimum Gasteiger partial charge on any atom is -0.481 e. The van der Waals surface area contributed by atoms with E-state index in [1.807, 2.05) is 19.7 Å². The first kappa shape index (κ1) is 10.6. The highest BCUT2D eigenvalue weighted by atomic mass is 31.1. The fourth-order valence-corrected chi connectivity index (χ4v) is 6.27. The molecule has 2 aliphatic rings. The molecule has 5 heteroatoms. The lowest BCUT2D eigenvalue weighted by Gasteiger charge is -2.31. The van der Waals surface area contributed by atoms with Crippen LogP contribution in [0.2, 0.25) is 0 Å². The number of carboxylic acid groups (broad SMARTS) is 2. The van der Waals surface area contributed by atoms with E-state index in [2.05, 4.69) is 0 Å². The maximum absolute atomic E-state index is 11.2. The second kappa shape index (κ2) is 3.05. The number of fused-ring (bicyclic) bond motifs is 2. The Hall–Kier alpha value is -0.890. The Labute approximate surface area is 88.7 Å². The predicted molar refractivity (Wildman–Crippen MR) is 56.2 cm³/mol. The monoisotopic (exact) mass is 228 g/mol. The van der Waals surface area contributed by atoms with Crippen molar-refractivity contribution in [3.8, 4) is 0 Å². The van der Waals surface area contributed by atoms with Crippen LogP contribution in [-0.2, 0) is 9.59 Å². The molecule has 0 aromatic rings. The fourth-order valence-electron chi connectivity index (χ4n) is 2.70. The van der Waals surface area contributed by atoms with Crippen LogP contribution in [0.15, 0.2) is 11.4 Å². The number of hydrogen-bond acceptors (Lipinski definition) is 2. The summed E-state index contributed by atoms with van der Waals surface area (Å²) in [5, 5.41) is 18.2. The lowest BCUT2D eigenvalue weighted by atomic mass is 9.72. The quantitative estimate of drug-likeness (QED) is 0.703. The molecule has 4 unspecified atom stereocenters. The van der Waals surface area contributed by atoms with E-state index in [1.54, 1.807) is 0 Å². The molecule has 0 aromatic heterocycles. The first-order valence-corrected chi connectivity index (χ1v) is 6.44. The summed E-state index contributed by atoms with van der Waals surface area (Å²) < 4.78 is 0. The molecule has 1 saturated heterocycles. The maximum atomic E-state index is 11.2. The lowest BCUT2D eigenvalue weighted by Crippen LogP contribution is -2.40. The van der Waals surface area contributed by atoms with Crippen molar-refractivity contribution < 1.29 is 19.8 Å². The second-order valence-electron chi connectivity index (χ2n) is 4.50. The molecular weight excluding hydrogens is 215 g/mol. The van der Waals surface area contributed by atoms with Crippen LogP contribution in [0.3, 0.4) is 0 Å². The van der Waals surface area contributed by atoms with Gasteiger partial charge in [-0.3, -0.25) is 9.59 Å². The van der Waals surface area contributed by atoms with Crippen molar-refractivity contribution >= 4 is 19.9 Å². The minimum absolute atomic E-state index is 0.430. The van der Waals surface area contributed by atoms with E-state index in [1.165, 1.54) is 0 Å². The van der Waals surface area contributed by atoms with Crippen LogP contribution in [-0.4, -0.2) is 34.0 Å². The smallest absolute Gasteiger partial charge is 0.312 e. The Bertz CT molecular complexity index is 376. The summed E-state index contributed by atoms with van der Waals surface area (Å²) in [6.45, 7) is 3.79. The van der Waals surface area contributed by atoms with Crippen molar-refractivity contribution in [3.63, 3.8) is 0 Å². The van der Waals surface area contributed by atoms with Crippen LogP contribution < -0.4 is 0 Å².